The Labute approximate surface area is 179 Å². The fraction of sp³-hybridized carbons (Fsp3) is 0.261. The highest BCUT2D eigenvalue weighted by Crippen LogP contribution is 2.29. The number of anilines is 1. The number of benzene rings is 2. The van der Waals surface area contributed by atoms with E-state index < -0.39 is 6.04 Å². The molecule has 154 valence electrons. The van der Waals surface area contributed by atoms with E-state index in [0.29, 0.717) is 35.0 Å². The number of carbonyl (C=O) groups is 2. The van der Waals surface area contributed by atoms with Crippen LogP contribution in [0, 0.1) is 6.92 Å². The smallest absolute Gasteiger partial charge is 0.258 e. The molecule has 30 heavy (non-hydrogen) atoms. The zero-order valence-corrected chi connectivity index (χ0v) is 17.6. The Morgan fingerprint density at radius 3 is 2.83 bits per heavy atom. The number of amides is 2. The normalized spacial score (nSPS) is 16.0. The van der Waals surface area contributed by atoms with Crippen molar-refractivity contribution in [1.29, 1.82) is 0 Å². The molecule has 7 heteroatoms. The topological polar surface area (TPSA) is 71.5 Å². The third-order valence-electron chi connectivity index (χ3n) is 5.33. The first kappa shape index (κ1) is 20.2. The molecule has 4 rings (SSSR count). The number of ether oxygens (including phenoxy) is 1. The van der Waals surface area contributed by atoms with Crippen molar-refractivity contribution in [2.45, 2.75) is 25.8 Å². The fourth-order valence-electron chi connectivity index (χ4n) is 3.85. The summed E-state index contributed by atoms with van der Waals surface area (Å²) in [5.74, 6) is -0.0549. The maximum absolute atomic E-state index is 13.2. The van der Waals surface area contributed by atoms with Crippen molar-refractivity contribution in [3.63, 3.8) is 0 Å². The number of hydrogen-bond donors (Lipinski definition) is 1. The Morgan fingerprint density at radius 1 is 1.20 bits per heavy atom. The maximum Gasteiger partial charge on any atom is 0.258 e. The maximum atomic E-state index is 13.2. The number of hydrogen-bond acceptors (Lipinski definition) is 4. The molecule has 1 aliphatic rings. The van der Waals surface area contributed by atoms with Gasteiger partial charge in [-0.05, 0) is 50.1 Å². The summed E-state index contributed by atoms with van der Waals surface area (Å²) in [5, 5.41) is 4.36. The van der Waals surface area contributed by atoms with E-state index in [9.17, 15) is 9.59 Å². The van der Waals surface area contributed by atoms with Gasteiger partial charge in [0.2, 0.25) is 5.91 Å². The van der Waals surface area contributed by atoms with Gasteiger partial charge >= 0.3 is 0 Å². The molecule has 6 nitrogen and oxygen atoms in total. The second-order valence-electron chi connectivity index (χ2n) is 7.32. The summed E-state index contributed by atoms with van der Waals surface area (Å²) in [6.45, 7) is 2.41. The molecular formula is C23H22ClN3O3. The molecule has 0 spiro atoms. The number of rotatable bonds is 4. The zero-order valence-electron chi connectivity index (χ0n) is 16.8. The van der Waals surface area contributed by atoms with E-state index in [2.05, 4.69) is 10.3 Å². The number of carbonyl (C=O) groups excluding carboxylic acids is 2. The Kier molecular flexibility index (Phi) is 5.59. The summed E-state index contributed by atoms with van der Waals surface area (Å²) in [5.41, 5.74) is 2.60. The van der Waals surface area contributed by atoms with Gasteiger partial charge in [-0.2, -0.15) is 0 Å². The van der Waals surface area contributed by atoms with Crippen LogP contribution in [-0.2, 0) is 4.79 Å². The number of nitrogens with one attached hydrogen (secondary N) is 1. The third kappa shape index (κ3) is 3.83. The lowest BCUT2D eigenvalue weighted by Crippen LogP contribution is -2.43. The largest absolute Gasteiger partial charge is 0.496 e. The summed E-state index contributed by atoms with van der Waals surface area (Å²) in [6.07, 6.45) is 1.34. The van der Waals surface area contributed by atoms with Crippen LogP contribution in [0.3, 0.4) is 0 Å². The highest BCUT2D eigenvalue weighted by molar-refractivity contribution is 6.31. The van der Waals surface area contributed by atoms with Crippen molar-refractivity contribution >= 4 is 40.0 Å². The van der Waals surface area contributed by atoms with Crippen molar-refractivity contribution in [2.24, 2.45) is 0 Å². The first-order valence-corrected chi connectivity index (χ1v) is 10.2. The van der Waals surface area contributed by atoms with Gasteiger partial charge in [-0.1, -0.05) is 29.8 Å². The van der Waals surface area contributed by atoms with Crippen LogP contribution in [-0.4, -0.2) is 41.4 Å². The van der Waals surface area contributed by atoms with Crippen LogP contribution in [0.25, 0.3) is 10.9 Å². The summed E-state index contributed by atoms with van der Waals surface area (Å²) < 4.78 is 5.32. The van der Waals surface area contributed by atoms with Crippen molar-refractivity contribution in [1.82, 2.24) is 9.88 Å². The molecule has 1 aromatic heterocycles. The van der Waals surface area contributed by atoms with E-state index in [-0.39, 0.29) is 11.8 Å². The van der Waals surface area contributed by atoms with Crippen LogP contribution in [0.4, 0.5) is 5.69 Å². The zero-order chi connectivity index (χ0) is 21.3. The predicted octanol–water partition coefficient (Wildman–Crippen LogP) is 4.45. The van der Waals surface area contributed by atoms with Crippen molar-refractivity contribution in [3.05, 3.63) is 64.8 Å². The minimum Gasteiger partial charge on any atom is -0.496 e. The molecule has 0 radical (unpaired) electrons. The van der Waals surface area contributed by atoms with Crippen LogP contribution < -0.4 is 10.1 Å². The van der Waals surface area contributed by atoms with Gasteiger partial charge in [-0.25, -0.2) is 0 Å². The van der Waals surface area contributed by atoms with Gasteiger partial charge in [-0.3, -0.25) is 14.6 Å². The third-order valence-corrected chi connectivity index (χ3v) is 5.56. The summed E-state index contributed by atoms with van der Waals surface area (Å²) in [7, 11) is 1.50. The van der Waals surface area contributed by atoms with Crippen LogP contribution in [0.15, 0.2) is 48.5 Å². The lowest BCUT2D eigenvalue weighted by molar-refractivity contribution is -0.119. The molecule has 0 bridgehead atoms. The van der Waals surface area contributed by atoms with Gasteiger partial charge in [0.1, 0.15) is 11.8 Å². The number of pyridine rings is 1. The SMILES string of the molecule is COc1ccc(Cl)cc1C(=O)N1CCCC1C(=O)Nc1cccc2ccc(C)nc12. The Hall–Kier alpha value is -3.12. The summed E-state index contributed by atoms with van der Waals surface area (Å²) in [4.78, 5) is 32.5. The van der Waals surface area contributed by atoms with Gasteiger partial charge in [-0.15, -0.1) is 0 Å². The Morgan fingerprint density at radius 2 is 2.03 bits per heavy atom. The van der Waals surface area contributed by atoms with Gasteiger partial charge in [0.15, 0.2) is 0 Å². The van der Waals surface area contributed by atoms with E-state index in [1.54, 1.807) is 23.1 Å². The lowest BCUT2D eigenvalue weighted by atomic mass is 10.1. The minimum atomic E-state index is -0.568. The van der Waals surface area contributed by atoms with Crippen molar-refractivity contribution in [2.75, 3.05) is 19.0 Å². The number of methoxy groups -OCH3 is 1. The second-order valence-corrected chi connectivity index (χ2v) is 7.76. The molecule has 1 aliphatic heterocycles. The predicted molar refractivity (Wildman–Crippen MR) is 117 cm³/mol. The van der Waals surface area contributed by atoms with Crippen molar-refractivity contribution in [3.8, 4) is 5.75 Å². The number of fused-ring (bicyclic) bond motifs is 1. The van der Waals surface area contributed by atoms with E-state index in [1.807, 2.05) is 37.3 Å². The standard InChI is InChI=1S/C23H22ClN3O3/c1-14-8-9-15-5-3-6-18(21(15)25-14)26-22(28)19-7-4-12-27(19)23(29)17-13-16(24)10-11-20(17)30-2/h3,5-6,8-11,13,19H,4,7,12H2,1-2H3,(H,26,28). The van der Waals surface area contributed by atoms with Gasteiger partial charge in [0.05, 0.1) is 23.9 Å². The number of aryl methyl sites for hydroxylation is 1. The average molecular weight is 424 g/mol. The summed E-state index contributed by atoms with van der Waals surface area (Å²) in [6, 6.07) is 13.9. The Balaban J connectivity index is 1.60. The highest BCUT2D eigenvalue weighted by atomic mass is 35.5. The molecule has 0 aliphatic carbocycles. The van der Waals surface area contributed by atoms with Crippen molar-refractivity contribution < 1.29 is 14.3 Å². The number of halogens is 1. The lowest BCUT2D eigenvalue weighted by Gasteiger charge is -2.25. The van der Waals surface area contributed by atoms with Crippen LogP contribution in [0.2, 0.25) is 5.02 Å². The van der Waals surface area contributed by atoms with E-state index in [1.165, 1.54) is 7.11 Å². The molecule has 2 amide bonds. The van der Waals surface area contributed by atoms with Gasteiger partial charge < -0.3 is 15.0 Å². The fourth-order valence-corrected chi connectivity index (χ4v) is 4.02. The van der Waals surface area contributed by atoms with E-state index >= 15 is 0 Å². The van der Waals surface area contributed by atoms with Crippen LogP contribution in [0.1, 0.15) is 28.9 Å². The Bertz CT molecular complexity index is 1130. The number of para-hydroxylation sites is 1. The highest BCUT2D eigenvalue weighted by Gasteiger charge is 2.35. The number of nitrogens with zero attached hydrogens (tertiary/aromatic N) is 2. The van der Waals surface area contributed by atoms with E-state index in [0.717, 1.165) is 23.0 Å². The quantitative estimate of drug-likeness (QED) is 0.673. The van der Waals surface area contributed by atoms with Gasteiger partial charge in [0, 0.05) is 22.6 Å². The minimum absolute atomic E-state index is 0.224. The van der Waals surface area contributed by atoms with Gasteiger partial charge in [0.25, 0.3) is 5.91 Å². The number of aromatic nitrogens is 1. The molecule has 2 aromatic carbocycles. The second kappa shape index (κ2) is 8.32. The summed E-state index contributed by atoms with van der Waals surface area (Å²) >= 11 is 6.09. The molecular weight excluding hydrogens is 402 g/mol. The molecule has 1 unspecified atom stereocenters. The molecule has 1 atom stereocenters. The molecule has 3 aromatic rings. The first-order valence-electron chi connectivity index (χ1n) is 9.79. The molecule has 2 heterocycles. The molecule has 0 saturated carbocycles. The molecule has 1 fully saturated rings. The molecule has 1 N–H and O–H groups in total. The van der Waals surface area contributed by atoms with E-state index in [4.69, 9.17) is 16.3 Å². The average Bonchev–Trinajstić information content (AvgIpc) is 3.23. The molecule has 1 saturated heterocycles. The first-order chi connectivity index (χ1) is 14.5. The number of likely N-dealkylation sites (tertiary alicyclic amines) is 1. The van der Waals surface area contributed by atoms with Crippen LogP contribution >= 0.6 is 11.6 Å². The van der Waals surface area contributed by atoms with Crippen LogP contribution in [0.5, 0.6) is 5.75 Å². The monoisotopic (exact) mass is 423 g/mol.